The van der Waals surface area contributed by atoms with E-state index in [1.807, 2.05) is 0 Å². The van der Waals surface area contributed by atoms with Crippen LogP contribution in [0.2, 0.25) is 0 Å². The number of rotatable bonds is 5. The third-order valence-electron chi connectivity index (χ3n) is 4.66. The van der Waals surface area contributed by atoms with Gasteiger partial charge >= 0.3 is 0 Å². The highest BCUT2D eigenvalue weighted by atomic mass is 79.9. The van der Waals surface area contributed by atoms with Crippen molar-refractivity contribution in [1.29, 1.82) is 0 Å². The lowest BCUT2D eigenvalue weighted by atomic mass is 9.76. The van der Waals surface area contributed by atoms with E-state index < -0.39 is 0 Å². The highest BCUT2D eigenvalue weighted by molar-refractivity contribution is 9.10. The summed E-state index contributed by atoms with van der Waals surface area (Å²) in [5.41, 5.74) is 1.05. The van der Waals surface area contributed by atoms with Crippen LogP contribution in [0.3, 0.4) is 0 Å². The van der Waals surface area contributed by atoms with E-state index in [0.29, 0.717) is 5.92 Å². The van der Waals surface area contributed by atoms with Crippen LogP contribution in [0, 0.1) is 18.8 Å². The fourth-order valence-corrected chi connectivity index (χ4v) is 3.49. The highest BCUT2D eigenvalue weighted by Gasteiger charge is 2.26. The molecule has 0 radical (unpaired) electrons. The molecule has 1 fully saturated rings. The van der Waals surface area contributed by atoms with Gasteiger partial charge in [-0.2, -0.15) is 0 Å². The van der Waals surface area contributed by atoms with E-state index in [1.165, 1.54) is 25.7 Å². The number of nitrogens with one attached hydrogen (secondary N) is 1. The molecule has 0 bridgehead atoms. The Morgan fingerprint density at radius 3 is 2.43 bits per heavy atom. The maximum absolute atomic E-state index is 4.80. The number of halogens is 1. The normalized spacial score (nSPS) is 22.6. The molecule has 0 aromatic carbocycles. The fraction of sp³-hybridized carbons (Fsp3) is 0.765. The first-order chi connectivity index (χ1) is 10.0. The zero-order valence-corrected chi connectivity index (χ0v) is 15.3. The lowest BCUT2D eigenvalue weighted by Crippen LogP contribution is -2.19. The third-order valence-corrected chi connectivity index (χ3v) is 5.61. The van der Waals surface area contributed by atoms with Crippen molar-refractivity contribution in [2.24, 2.45) is 11.8 Å². The maximum Gasteiger partial charge on any atom is 0.144 e. The average molecular weight is 354 g/mol. The van der Waals surface area contributed by atoms with Crippen molar-refractivity contribution in [3.05, 3.63) is 16.0 Å². The molecule has 118 valence electrons. The molecule has 21 heavy (non-hydrogen) atoms. The molecule has 0 atom stereocenters. The van der Waals surface area contributed by atoms with Crippen molar-refractivity contribution in [2.75, 3.05) is 11.9 Å². The quantitative estimate of drug-likeness (QED) is 0.780. The molecule has 4 heteroatoms. The molecule has 0 amide bonds. The van der Waals surface area contributed by atoms with Gasteiger partial charge in [0.15, 0.2) is 0 Å². The van der Waals surface area contributed by atoms with Gasteiger partial charge in [-0.05, 0) is 66.8 Å². The van der Waals surface area contributed by atoms with Gasteiger partial charge in [-0.3, -0.25) is 0 Å². The molecule has 0 unspecified atom stereocenters. The van der Waals surface area contributed by atoms with Crippen molar-refractivity contribution in [2.45, 2.75) is 65.7 Å². The topological polar surface area (TPSA) is 37.8 Å². The van der Waals surface area contributed by atoms with E-state index >= 15 is 0 Å². The van der Waals surface area contributed by atoms with Crippen molar-refractivity contribution >= 4 is 21.7 Å². The van der Waals surface area contributed by atoms with E-state index in [1.54, 1.807) is 0 Å². The van der Waals surface area contributed by atoms with Crippen LogP contribution in [0.15, 0.2) is 4.47 Å². The first-order valence-corrected chi connectivity index (χ1v) is 9.10. The van der Waals surface area contributed by atoms with Gasteiger partial charge in [0.2, 0.25) is 0 Å². The Hall–Kier alpha value is -0.640. The van der Waals surface area contributed by atoms with E-state index in [-0.39, 0.29) is 0 Å². The number of nitrogens with zero attached hydrogens (tertiary/aromatic N) is 2. The van der Waals surface area contributed by atoms with Crippen molar-refractivity contribution in [3.8, 4) is 0 Å². The second-order valence-corrected chi connectivity index (χ2v) is 7.41. The van der Waals surface area contributed by atoms with Gasteiger partial charge in [-0.1, -0.05) is 20.8 Å². The van der Waals surface area contributed by atoms with Crippen LogP contribution in [0.1, 0.15) is 70.3 Å². The zero-order chi connectivity index (χ0) is 15.4. The van der Waals surface area contributed by atoms with E-state index in [4.69, 9.17) is 9.97 Å². The second-order valence-electron chi connectivity index (χ2n) is 6.61. The Kier molecular flexibility index (Phi) is 6.03. The smallest absolute Gasteiger partial charge is 0.144 e. The van der Waals surface area contributed by atoms with Crippen LogP contribution < -0.4 is 5.32 Å². The molecular weight excluding hydrogens is 326 g/mol. The summed E-state index contributed by atoms with van der Waals surface area (Å²) in [4.78, 5) is 9.53. The molecule has 1 aromatic heterocycles. The van der Waals surface area contributed by atoms with Gasteiger partial charge in [0.1, 0.15) is 11.6 Å². The zero-order valence-electron chi connectivity index (χ0n) is 13.7. The molecule has 3 nitrogen and oxygen atoms in total. The van der Waals surface area contributed by atoms with Gasteiger partial charge in [-0.25, -0.2) is 9.97 Å². The molecule has 0 spiro atoms. The third kappa shape index (κ3) is 4.18. The number of aromatic nitrogens is 2. The van der Waals surface area contributed by atoms with Crippen LogP contribution in [0.4, 0.5) is 5.82 Å². The maximum atomic E-state index is 4.80. The summed E-state index contributed by atoms with van der Waals surface area (Å²) in [7, 11) is 0. The summed E-state index contributed by atoms with van der Waals surface area (Å²) in [6.07, 6.45) is 6.20. The van der Waals surface area contributed by atoms with Crippen LogP contribution in [0.5, 0.6) is 0 Å². The van der Waals surface area contributed by atoms with Gasteiger partial charge in [0.05, 0.1) is 10.2 Å². The van der Waals surface area contributed by atoms with Crippen molar-refractivity contribution in [1.82, 2.24) is 9.97 Å². The summed E-state index contributed by atoms with van der Waals surface area (Å²) in [6.45, 7) is 9.87. The minimum Gasteiger partial charge on any atom is -0.369 e. The van der Waals surface area contributed by atoms with E-state index in [2.05, 4.69) is 48.9 Å². The molecule has 1 aliphatic rings. The molecule has 1 aliphatic carbocycles. The molecule has 1 saturated carbocycles. The number of anilines is 1. The number of aryl methyl sites for hydroxylation is 1. The molecule has 2 rings (SSSR count). The summed E-state index contributed by atoms with van der Waals surface area (Å²) < 4.78 is 1.01. The first kappa shape index (κ1) is 16.7. The minimum atomic E-state index is 0.536. The van der Waals surface area contributed by atoms with Crippen LogP contribution in [0.25, 0.3) is 0 Å². The lowest BCUT2D eigenvalue weighted by Gasteiger charge is -2.30. The van der Waals surface area contributed by atoms with E-state index in [0.717, 1.165) is 46.6 Å². The van der Waals surface area contributed by atoms with E-state index in [9.17, 15) is 0 Å². The Balaban J connectivity index is 2.11. The predicted octanol–water partition coefficient (Wildman–Crippen LogP) is 5.30. The fourth-order valence-electron chi connectivity index (χ4n) is 3.17. The largest absolute Gasteiger partial charge is 0.369 e. The molecule has 0 saturated heterocycles. The summed E-state index contributed by atoms with van der Waals surface area (Å²) >= 11 is 3.61. The van der Waals surface area contributed by atoms with Gasteiger partial charge in [0, 0.05) is 12.5 Å². The molecule has 0 aliphatic heterocycles. The molecular formula is C17H28BrN3. The Morgan fingerprint density at radius 1 is 1.19 bits per heavy atom. The number of hydrogen-bond acceptors (Lipinski definition) is 3. The second kappa shape index (κ2) is 7.57. The Bertz CT molecular complexity index is 465. The summed E-state index contributed by atoms with van der Waals surface area (Å²) in [5, 5.41) is 3.41. The van der Waals surface area contributed by atoms with Crippen LogP contribution >= 0.6 is 15.9 Å². The van der Waals surface area contributed by atoms with Crippen molar-refractivity contribution < 1.29 is 0 Å². The molecule has 1 N–H and O–H groups in total. The minimum absolute atomic E-state index is 0.536. The average Bonchev–Trinajstić information content (AvgIpc) is 2.48. The Labute approximate surface area is 137 Å². The number of hydrogen-bond donors (Lipinski definition) is 1. The van der Waals surface area contributed by atoms with Crippen LogP contribution in [-0.4, -0.2) is 16.5 Å². The van der Waals surface area contributed by atoms with Crippen molar-refractivity contribution in [3.63, 3.8) is 0 Å². The predicted molar refractivity (Wildman–Crippen MR) is 92.8 cm³/mol. The Morgan fingerprint density at radius 2 is 1.86 bits per heavy atom. The van der Waals surface area contributed by atoms with Gasteiger partial charge in [0.25, 0.3) is 0 Å². The standard InChI is InChI=1S/C17H28BrN3/c1-5-10-19-17-15(18)12(4)20-16(21-17)14-8-6-13(7-9-14)11(2)3/h11,13-14H,5-10H2,1-4H3,(H,19,20,21). The SMILES string of the molecule is CCCNc1nc(C2CCC(C(C)C)CC2)nc(C)c1Br. The highest BCUT2D eigenvalue weighted by Crippen LogP contribution is 2.38. The summed E-state index contributed by atoms with van der Waals surface area (Å²) in [6, 6.07) is 0. The molecule has 1 heterocycles. The summed E-state index contributed by atoms with van der Waals surface area (Å²) in [5.74, 6) is 4.23. The van der Waals surface area contributed by atoms with Crippen LogP contribution in [-0.2, 0) is 0 Å². The monoisotopic (exact) mass is 353 g/mol. The van der Waals surface area contributed by atoms with Gasteiger partial charge in [-0.15, -0.1) is 0 Å². The molecule has 1 aromatic rings. The van der Waals surface area contributed by atoms with Gasteiger partial charge < -0.3 is 5.32 Å². The lowest BCUT2D eigenvalue weighted by molar-refractivity contribution is 0.254. The first-order valence-electron chi connectivity index (χ1n) is 8.30.